The van der Waals surface area contributed by atoms with Crippen LogP contribution in [0.2, 0.25) is 15.1 Å². The van der Waals surface area contributed by atoms with E-state index in [4.69, 9.17) is 34.8 Å². The van der Waals surface area contributed by atoms with Gasteiger partial charge in [-0.05, 0) is 73.8 Å². The second kappa shape index (κ2) is 16.4. The quantitative estimate of drug-likeness (QED) is 0.248. The van der Waals surface area contributed by atoms with Crippen LogP contribution in [0.3, 0.4) is 0 Å². The highest BCUT2D eigenvalue weighted by Gasteiger charge is 1.94. The Labute approximate surface area is 239 Å². The minimum Gasteiger partial charge on any atom is -0.173 e. The summed E-state index contributed by atoms with van der Waals surface area (Å²) in [7, 11) is 0. The molecule has 0 bridgehead atoms. The van der Waals surface area contributed by atoms with Gasteiger partial charge in [0.1, 0.15) is 0 Å². The van der Waals surface area contributed by atoms with Crippen molar-refractivity contribution in [2.45, 2.75) is 0 Å². The minimum absolute atomic E-state index is 0.333. The molecule has 4 aromatic rings. The van der Waals surface area contributed by atoms with E-state index in [9.17, 15) is 17.6 Å². The van der Waals surface area contributed by atoms with Gasteiger partial charge in [0.25, 0.3) is 12.2 Å². The molecule has 4 rings (SSSR count). The summed E-state index contributed by atoms with van der Waals surface area (Å²) in [6.45, 7) is 22.2. The zero-order valence-electron chi connectivity index (χ0n) is 20.9. The smallest absolute Gasteiger partial charge is 0.173 e. The minimum atomic E-state index is -1.87. The van der Waals surface area contributed by atoms with Crippen LogP contribution in [0.4, 0.5) is 17.6 Å². The van der Waals surface area contributed by atoms with Gasteiger partial charge in [-0.15, -0.1) is 0 Å². The van der Waals surface area contributed by atoms with Crippen LogP contribution < -0.4 is 41.7 Å². The second-order valence-electron chi connectivity index (χ2n) is 7.88. The van der Waals surface area contributed by atoms with Crippen molar-refractivity contribution in [3.8, 4) is 0 Å². The Morgan fingerprint density at radius 3 is 1.00 bits per heavy atom. The number of hydrogen-bond acceptors (Lipinski definition) is 0. The number of halogens is 7. The maximum atomic E-state index is 11.8. The van der Waals surface area contributed by atoms with Gasteiger partial charge in [-0.2, -0.15) is 17.6 Å². The number of hydrogen-bond donors (Lipinski definition) is 0. The molecule has 0 aliphatic rings. The number of rotatable bonds is 0. The fourth-order valence-corrected chi connectivity index (χ4v) is 3.06. The molecule has 0 aliphatic carbocycles. The lowest BCUT2D eigenvalue weighted by molar-refractivity contribution is 0.538. The fourth-order valence-electron chi connectivity index (χ4n) is 2.48. The van der Waals surface area contributed by atoms with E-state index in [1.807, 2.05) is 36.4 Å². The lowest BCUT2D eigenvalue weighted by atomic mass is 10.3. The van der Waals surface area contributed by atoms with Crippen molar-refractivity contribution in [3.63, 3.8) is 0 Å². The predicted octanol–water partition coefficient (Wildman–Crippen LogP) is 5.18. The molecule has 0 aliphatic heterocycles. The molecule has 0 nitrogen and oxygen atoms in total. The lowest BCUT2D eigenvalue weighted by Gasteiger charge is -1.92. The van der Waals surface area contributed by atoms with E-state index in [0.29, 0.717) is 15.1 Å². The molecule has 0 N–H and O–H groups in total. The predicted molar refractivity (Wildman–Crippen MR) is 162 cm³/mol. The molecule has 0 spiro atoms. The van der Waals surface area contributed by atoms with E-state index in [1.165, 1.54) is 0 Å². The Bertz CT molecular complexity index is 1700. The molecule has 0 unspecified atom stereocenters. The molecule has 39 heavy (non-hydrogen) atoms. The van der Waals surface area contributed by atoms with Gasteiger partial charge in [-0.1, -0.05) is 111 Å². The van der Waals surface area contributed by atoms with Gasteiger partial charge in [0, 0.05) is 25.5 Å². The molecule has 0 amide bonds. The molecule has 0 saturated heterocycles. The highest BCUT2D eigenvalue weighted by atomic mass is 35.5. The topological polar surface area (TPSA) is 0 Å². The van der Waals surface area contributed by atoms with Crippen LogP contribution in [-0.2, 0) is 0 Å². The highest BCUT2D eigenvalue weighted by Crippen LogP contribution is 2.01. The fraction of sp³-hybridized carbons (Fsp3) is 0. The molecule has 0 aromatic heterocycles. The normalized spacial score (nSPS) is 9.51. The summed E-state index contributed by atoms with van der Waals surface area (Å²) in [4.78, 5) is 0. The van der Waals surface area contributed by atoms with Crippen LogP contribution in [0.15, 0.2) is 78.9 Å². The lowest BCUT2D eigenvalue weighted by Crippen LogP contribution is -2.08. The molecule has 0 radical (unpaired) electrons. The van der Waals surface area contributed by atoms with E-state index < -0.39 is 12.2 Å². The van der Waals surface area contributed by atoms with E-state index in [1.54, 1.807) is 18.2 Å². The molecule has 4 aromatic carbocycles. The summed E-state index contributed by atoms with van der Waals surface area (Å²) in [6.07, 6.45) is -3.75. The average Bonchev–Trinajstić information content (AvgIpc) is 2.88. The van der Waals surface area contributed by atoms with Gasteiger partial charge in [0.15, 0.2) is 0 Å². The first-order valence-electron chi connectivity index (χ1n) is 11.0. The monoisotopic (exact) mass is 590 g/mol. The van der Waals surface area contributed by atoms with Crippen molar-refractivity contribution < 1.29 is 17.6 Å². The van der Waals surface area contributed by atoms with Gasteiger partial charge in [0.05, 0.1) is 0 Å². The Morgan fingerprint density at radius 2 is 0.718 bits per heavy atom. The SMILES string of the molecule is C=c1cc(Cl)c(=C)cc1Cl.C=c1ccc(=C)c(Cl)c1.C=c1ccc(=C)cc1.FC(F)=c1ccc(=C(F)F)cc1. The van der Waals surface area contributed by atoms with Crippen molar-refractivity contribution >= 4 is 86.4 Å². The van der Waals surface area contributed by atoms with Crippen LogP contribution in [0, 0.1) is 0 Å². The summed E-state index contributed by atoms with van der Waals surface area (Å²) < 4.78 is 47.3. The van der Waals surface area contributed by atoms with E-state index >= 15 is 0 Å². The highest BCUT2D eigenvalue weighted by molar-refractivity contribution is 6.33. The Kier molecular flexibility index (Phi) is 14.1. The molecule has 7 heteroatoms. The average molecular weight is 592 g/mol. The third-order valence-electron chi connectivity index (χ3n) is 4.68. The van der Waals surface area contributed by atoms with Crippen molar-refractivity contribution in [2.75, 3.05) is 0 Å². The van der Waals surface area contributed by atoms with Gasteiger partial charge in [0.2, 0.25) is 0 Å². The van der Waals surface area contributed by atoms with Crippen molar-refractivity contribution in [1.82, 2.24) is 0 Å². The molecule has 0 atom stereocenters. The van der Waals surface area contributed by atoms with Gasteiger partial charge in [-0.25, -0.2) is 0 Å². The summed E-state index contributed by atoms with van der Waals surface area (Å²) in [5.74, 6) is 0. The third kappa shape index (κ3) is 12.7. The molecular weight excluding hydrogens is 567 g/mol. The zero-order valence-corrected chi connectivity index (χ0v) is 23.2. The van der Waals surface area contributed by atoms with E-state index in [2.05, 4.69) is 39.5 Å². The summed E-state index contributed by atoms with van der Waals surface area (Å²) in [6, 6.07) is 20.5. The first-order chi connectivity index (χ1) is 18.2. The maximum absolute atomic E-state index is 11.8. The first-order valence-corrected chi connectivity index (χ1v) is 12.1. The third-order valence-corrected chi connectivity index (χ3v) is 5.73. The van der Waals surface area contributed by atoms with Crippen LogP contribution in [0.1, 0.15) is 0 Å². The molecule has 0 heterocycles. The molecule has 0 saturated carbocycles. The van der Waals surface area contributed by atoms with Crippen molar-refractivity contribution in [3.05, 3.63) is 136 Å². The number of benzene rings is 4. The molecule has 202 valence electrons. The van der Waals surface area contributed by atoms with E-state index in [0.717, 1.165) is 55.6 Å². The Hall–Kier alpha value is -3.57. The summed E-state index contributed by atoms with van der Waals surface area (Å²) >= 11 is 17.2. The summed E-state index contributed by atoms with van der Waals surface area (Å²) in [5.41, 5.74) is 0. The van der Waals surface area contributed by atoms with Crippen molar-refractivity contribution in [2.24, 2.45) is 0 Å². The van der Waals surface area contributed by atoms with Crippen LogP contribution >= 0.6 is 34.8 Å². The van der Waals surface area contributed by atoms with Gasteiger partial charge in [-0.3, -0.25) is 0 Å². The van der Waals surface area contributed by atoms with Crippen LogP contribution in [0.5, 0.6) is 0 Å². The van der Waals surface area contributed by atoms with Gasteiger partial charge < -0.3 is 0 Å². The second-order valence-corrected chi connectivity index (χ2v) is 9.10. The molecule has 0 fully saturated rings. The standard InChI is InChI=1S/C8H6Cl2.C8H7Cl.C8H4F4.C8H8/c1-5-3-8(10)6(2)4-7(5)9;1-6-3-4-7(2)8(9)5-6;9-7(10)5-1-2-6(4-3-5)8(11)12;1-7-3-5-8(2)6-4-7/h3-4H,1-2H2;3-5H,1-2H2;1-4H;3-6H,1-2H2. The Balaban J connectivity index is 0.000000263. The largest absolute Gasteiger partial charge is 0.277 e. The maximum Gasteiger partial charge on any atom is 0.277 e. The molecular formula is C32H25Cl3F4. The van der Waals surface area contributed by atoms with Crippen LogP contribution in [-0.4, -0.2) is 0 Å². The van der Waals surface area contributed by atoms with Gasteiger partial charge >= 0.3 is 0 Å². The summed E-state index contributed by atoms with van der Waals surface area (Å²) in [5, 5.41) is 6.55. The van der Waals surface area contributed by atoms with Crippen molar-refractivity contribution in [1.29, 1.82) is 0 Å². The van der Waals surface area contributed by atoms with Crippen LogP contribution in [0.25, 0.3) is 51.6 Å². The zero-order chi connectivity index (χ0) is 29.7. The van der Waals surface area contributed by atoms with E-state index in [-0.39, 0.29) is 10.4 Å². The first kappa shape index (κ1) is 33.5. The Morgan fingerprint density at radius 1 is 0.410 bits per heavy atom.